The molecule has 10 nitrogen and oxygen atoms in total. The first kappa shape index (κ1) is 49.2. The summed E-state index contributed by atoms with van der Waals surface area (Å²) >= 11 is 0. The molecule has 2 unspecified atom stereocenters. The predicted molar refractivity (Wildman–Crippen MR) is 209 cm³/mol. The van der Waals surface area contributed by atoms with Crippen LogP contribution in [-0.4, -0.2) is 98.7 Å². The minimum atomic E-state index is -1.60. The van der Waals surface area contributed by atoms with Gasteiger partial charge >= 0.3 is 0 Å². The molecular weight excluding hydrogens is 662 g/mol. The molecule has 0 aromatic rings. The van der Waals surface area contributed by atoms with E-state index in [2.05, 4.69) is 19.2 Å². The van der Waals surface area contributed by atoms with Crippen LogP contribution in [0.3, 0.4) is 0 Å². The first-order valence-corrected chi connectivity index (χ1v) is 21.8. The molecule has 8 atom stereocenters. The van der Waals surface area contributed by atoms with E-state index in [0.29, 0.717) is 6.42 Å². The molecule has 1 rings (SSSR count). The van der Waals surface area contributed by atoms with Crippen molar-refractivity contribution in [3.63, 3.8) is 0 Å². The topological polar surface area (TPSA) is 169 Å². The van der Waals surface area contributed by atoms with Crippen molar-refractivity contribution in [2.45, 2.75) is 249 Å². The van der Waals surface area contributed by atoms with Gasteiger partial charge in [0.2, 0.25) is 5.91 Å². The third kappa shape index (κ3) is 23.8. The Morgan fingerprint density at radius 3 is 1.42 bits per heavy atom. The number of aliphatic hydroxyl groups excluding tert-OH is 6. The highest BCUT2D eigenvalue weighted by Crippen LogP contribution is 2.23. The average molecular weight is 746 g/mol. The quantitative estimate of drug-likeness (QED) is 0.0324. The van der Waals surface area contributed by atoms with E-state index in [1.807, 2.05) is 0 Å². The smallest absolute Gasteiger partial charge is 0.220 e. The molecule has 7 N–H and O–H groups in total. The molecule has 1 heterocycles. The van der Waals surface area contributed by atoms with E-state index in [1.54, 1.807) is 0 Å². The van der Waals surface area contributed by atoms with Crippen LogP contribution < -0.4 is 5.32 Å². The van der Waals surface area contributed by atoms with E-state index >= 15 is 0 Å². The Bertz CT molecular complexity index is 803. The Balaban J connectivity index is 2.41. The number of amides is 1. The second-order valence-corrected chi connectivity index (χ2v) is 15.6. The summed E-state index contributed by atoms with van der Waals surface area (Å²) in [6.45, 7) is 3.59. The van der Waals surface area contributed by atoms with E-state index < -0.39 is 55.6 Å². The lowest BCUT2D eigenvalue weighted by Gasteiger charge is -2.40. The van der Waals surface area contributed by atoms with Gasteiger partial charge in [0.25, 0.3) is 0 Å². The van der Waals surface area contributed by atoms with Gasteiger partial charge in [0.15, 0.2) is 6.29 Å². The second-order valence-electron chi connectivity index (χ2n) is 15.6. The van der Waals surface area contributed by atoms with Crippen molar-refractivity contribution >= 4 is 5.91 Å². The molecule has 0 aromatic carbocycles. The number of unbranched alkanes of at least 4 members (excludes halogenated alkanes) is 25. The molecule has 0 saturated carbocycles. The van der Waals surface area contributed by atoms with Gasteiger partial charge in [0.05, 0.1) is 25.4 Å². The largest absolute Gasteiger partial charge is 0.394 e. The number of hydrogen-bond donors (Lipinski definition) is 7. The van der Waals surface area contributed by atoms with E-state index in [4.69, 9.17) is 9.47 Å². The Hall–Kier alpha value is -0.850. The molecule has 1 amide bonds. The summed E-state index contributed by atoms with van der Waals surface area (Å²) in [7, 11) is 0. The Kier molecular flexibility index (Phi) is 31.7. The van der Waals surface area contributed by atoms with E-state index in [1.165, 1.54) is 128 Å². The predicted octanol–water partition coefficient (Wildman–Crippen LogP) is 7.36. The zero-order valence-corrected chi connectivity index (χ0v) is 33.4. The molecular formula is C42H83NO9. The van der Waals surface area contributed by atoms with Crippen molar-refractivity contribution in [2.24, 2.45) is 0 Å². The number of nitrogens with one attached hydrogen (secondary N) is 1. The summed E-state index contributed by atoms with van der Waals surface area (Å²) in [6, 6.07) is -0.983. The van der Waals surface area contributed by atoms with Crippen molar-refractivity contribution in [3.8, 4) is 0 Å². The van der Waals surface area contributed by atoms with E-state index in [9.17, 15) is 35.4 Å². The fraction of sp³-hybridized carbons (Fsp3) is 0.976. The van der Waals surface area contributed by atoms with Gasteiger partial charge in [-0.2, -0.15) is 0 Å². The first-order chi connectivity index (χ1) is 25.3. The van der Waals surface area contributed by atoms with Gasteiger partial charge in [-0.1, -0.05) is 181 Å². The van der Waals surface area contributed by atoms with Crippen LogP contribution >= 0.6 is 0 Å². The molecule has 1 aliphatic heterocycles. The monoisotopic (exact) mass is 746 g/mol. The van der Waals surface area contributed by atoms with Crippen LogP contribution in [0.1, 0.15) is 200 Å². The highest BCUT2D eigenvalue weighted by Gasteiger charge is 2.44. The molecule has 310 valence electrons. The summed E-state index contributed by atoms with van der Waals surface area (Å²) < 4.78 is 11.1. The number of carbonyl (C=O) groups excluding carboxylic acids is 1. The maximum Gasteiger partial charge on any atom is 0.220 e. The number of aliphatic hydroxyl groups is 6. The molecule has 1 saturated heterocycles. The molecule has 0 bridgehead atoms. The summed E-state index contributed by atoms with van der Waals surface area (Å²) in [4.78, 5) is 13.0. The Morgan fingerprint density at radius 2 is 1.00 bits per heavy atom. The second kappa shape index (κ2) is 33.5. The van der Waals surface area contributed by atoms with E-state index in [-0.39, 0.29) is 18.9 Å². The van der Waals surface area contributed by atoms with Crippen molar-refractivity contribution in [1.29, 1.82) is 0 Å². The normalized spacial score (nSPS) is 22.3. The SMILES string of the molecule is CCCCCCCCCCCCCCCCCCC(=O)N[C@@H](CO[C@@H]1O[C@H](CO)[C@H](O)C(O)C1O)[C@H](O)[C@H](O)CCCCCCCCCCCCC. The third-order valence-corrected chi connectivity index (χ3v) is 10.8. The Labute approximate surface area is 317 Å². The van der Waals surface area contributed by atoms with Crippen molar-refractivity contribution < 1.29 is 44.9 Å². The zero-order valence-electron chi connectivity index (χ0n) is 33.4. The summed E-state index contributed by atoms with van der Waals surface area (Å²) in [5.74, 6) is -0.256. The molecule has 0 aromatic heterocycles. The summed E-state index contributed by atoms with van der Waals surface area (Å²) in [5.41, 5.74) is 0. The van der Waals surface area contributed by atoms with Gasteiger partial charge < -0.3 is 45.4 Å². The van der Waals surface area contributed by atoms with Gasteiger partial charge in [-0.3, -0.25) is 4.79 Å². The van der Waals surface area contributed by atoms with Crippen molar-refractivity contribution in [2.75, 3.05) is 13.2 Å². The number of hydrogen-bond acceptors (Lipinski definition) is 9. The summed E-state index contributed by atoms with van der Waals surface area (Å²) in [6.07, 6.45) is 23.9. The van der Waals surface area contributed by atoms with Crippen LogP contribution in [0.15, 0.2) is 0 Å². The minimum Gasteiger partial charge on any atom is -0.394 e. The molecule has 10 heteroatoms. The van der Waals surface area contributed by atoms with Crippen LogP contribution in [0, 0.1) is 0 Å². The minimum absolute atomic E-state index is 0.256. The molecule has 52 heavy (non-hydrogen) atoms. The van der Waals surface area contributed by atoms with Gasteiger partial charge in [-0.05, 0) is 12.8 Å². The standard InChI is InChI=1S/C42H83NO9/c1-3-5-7-9-11-13-15-16-17-18-19-21-23-25-27-29-31-37(46)43-34(33-51-42-41(50)40(49)39(48)36(32-44)52-42)38(47)35(45)30-28-26-24-22-20-14-12-10-8-6-4-2/h34-36,38-42,44-45,47-50H,3-33H2,1-2H3,(H,43,46)/t34-,35+,36+,38-,39-,40?,41?,42+/m0/s1. The highest BCUT2D eigenvalue weighted by molar-refractivity contribution is 5.76. The fourth-order valence-corrected chi connectivity index (χ4v) is 7.20. The van der Waals surface area contributed by atoms with Gasteiger partial charge in [0, 0.05) is 6.42 Å². The number of rotatable bonds is 36. The first-order valence-electron chi connectivity index (χ1n) is 21.8. The molecule has 1 fully saturated rings. The maximum atomic E-state index is 13.0. The lowest BCUT2D eigenvalue weighted by atomic mass is 9.98. The van der Waals surface area contributed by atoms with Crippen molar-refractivity contribution in [3.05, 3.63) is 0 Å². The lowest BCUT2D eigenvalue weighted by Crippen LogP contribution is -2.60. The van der Waals surface area contributed by atoms with Gasteiger partial charge in [0.1, 0.15) is 30.5 Å². The van der Waals surface area contributed by atoms with E-state index in [0.717, 1.165) is 44.9 Å². The van der Waals surface area contributed by atoms with Crippen LogP contribution in [0.4, 0.5) is 0 Å². The highest BCUT2D eigenvalue weighted by atomic mass is 16.7. The lowest BCUT2D eigenvalue weighted by molar-refractivity contribution is -0.303. The van der Waals surface area contributed by atoms with Crippen LogP contribution in [0.5, 0.6) is 0 Å². The van der Waals surface area contributed by atoms with Crippen LogP contribution in [0.2, 0.25) is 0 Å². The maximum absolute atomic E-state index is 13.0. The number of ether oxygens (including phenoxy) is 2. The molecule has 1 aliphatic rings. The fourth-order valence-electron chi connectivity index (χ4n) is 7.20. The van der Waals surface area contributed by atoms with Crippen molar-refractivity contribution in [1.82, 2.24) is 5.32 Å². The molecule has 0 spiro atoms. The zero-order chi connectivity index (χ0) is 38.2. The third-order valence-electron chi connectivity index (χ3n) is 10.8. The van der Waals surface area contributed by atoms with Gasteiger partial charge in [-0.15, -0.1) is 0 Å². The summed E-state index contributed by atoms with van der Waals surface area (Å²) in [5, 5.41) is 65.0. The molecule has 0 radical (unpaired) electrons. The average Bonchev–Trinajstić information content (AvgIpc) is 3.14. The molecule has 0 aliphatic carbocycles. The van der Waals surface area contributed by atoms with Crippen LogP contribution in [0.25, 0.3) is 0 Å². The Morgan fingerprint density at radius 1 is 0.596 bits per heavy atom. The van der Waals surface area contributed by atoms with Crippen LogP contribution in [-0.2, 0) is 14.3 Å². The van der Waals surface area contributed by atoms with Gasteiger partial charge in [-0.25, -0.2) is 0 Å². The number of carbonyl (C=O) groups is 1.